The van der Waals surface area contributed by atoms with Crippen LogP contribution >= 0.6 is 0 Å². The number of aromatic hydroxyl groups is 1. The molecule has 0 fully saturated rings. The number of hydrogen-bond acceptors (Lipinski definition) is 4. The van der Waals surface area contributed by atoms with Gasteiger partial charge in [-0.15, -0.1) is 0 Å². The number of aromatic nitrogens is 2. The van der Waals surface area contributed by atoms with Crippen molar-refractivity contribution < 1.29 is 14.2 Å². The van der Waals surface area contributed by atoms with Gasteiger partial charge in [-0.1, -0.05) is 0 Å². The summed E-state index contributed by atoms with van der Waals surface area (Å²) in [7, 11) is 3.01. The third-order valence-electron chi connectivity index (χ3n) is 2.57. The summed E-state index contributed by atoms with van der Waals surface area (Å²) in [5.41, 5.74) is 6.37. The number of hydrogen-bond donors (Lipinski definition) is 2. The van der Waals surface area contributed by atoms with Crippen molar-refractivity contribution in [3.63, 3.8) is 0 Å². The van der Waals surface area contributed by atoms with Crippen LogP contribution in [0.1, 0.15) is 0 Å². The largest absolute Gasteiger partial charge is 0.502 e. The monoisotopic (exact) mass is 237 g/mol. The standard InChI is InChI=1S/C11H12FN3O2/c1-15-11(13)7(5-14-15)6-3-4-8(17-2)10(16)9(6)12/h3-5,16H,13H2,1-2H3. The smallest absolute Gasteiger partial charge is 0.194 e. The maximum absolute atomic E-state index is 13.9. The van der Waals surface area contributed by atoms with Crippen molar-refractivity contribution in [1.29, 1.82) is 0 Å². The molecule has 1 aromatic carbocycles. The van der Waals surface area contributed by atoms with Crippen molar-refractivity contribution in [3.8, 4) is 22.6 Å². The quantitative estimate of drug-likeness (QED) is 0.830. The molecule has 0 atom stereocenters. The molecule has 0 aliphatic carbocycles. The van der Waals surface area contributed by atoms with Crippen molar-refractivity contribution in [2.75, 3.05) is 12.8 Å². The minimum atomic E-state index is -0.774. The topological polar surface area (TPSA) is 73.3 Å². The van der Waals surface area contributed by atoms with Gasteiger partial charge in [-0.3, -0.25) is 4.68 Å². The molecule has 1 heterocycles. The normalized spacial score (nSPS) is 10.5. The van der Waals surface area contributed by atoms with E-state index >= 15 is 0 Å². The molecule has 0 aliphatic heterocycles. The second-order valence-corrected chi connectivity index (χ2v) is 3.55. The van der Waals surface area contributed by atoms with Crippen molar-refractivity contribution in [2.45, 2.75) is 0 Å². The molecule has 0 unspecified atom stereocenters. The molecule has 90 valence electrons. The van der Waals surface area contributed by atoms with Crippen molar-refractivity contribution >= 4 is 5.82 Å². The molecule has 0 bridgehead atoms. The minimum absolute atomic E-state index is 0.0775. The number of nitrogen functional groups attached to an aromatic ring is 1. The van der Waals surface area contributed by atoms with E-state index in [1.54, 1.807) is 7.05 Å². The van der Waals surface area contributed by atoms with E-state index in [1.165, 1.54) is 30.1 Å². The number of anilines is 1. The van der Waals surface area contributed by atoms with Crippen molar-refractivity contribution in [1.82, 2.24) is 9.78 Å². The van der Waals surface area contributed by atoms with E-state index in [2.05, 4.69) is 5.10 Å². The van der Waals surface area contributed by atoms with Gasteiger partial charge >= 0.3 is 0 Å². The fourth-order valence-electron chi connectivity index (χ4n) is 1.57. The molecule has 0 spiro atoms. The number of nitrogens with zero attached hydrogens (tertiary/aromatic N) is 2. The lowest BCUT2D eigenvalue weighted by Gasteiger charge is -2.08. The number of halogens is 1. The van der Waals surface area contributed by atoms with E-state index < -0.39 is 11.6 Å². The third-order valence-corrected chi connectivity index (χ3v) is 2.57. The first-order valence-corrected chi connectivity index (χ1v) is 4.89. The highest BCUT2D eigenvalue weighted by molar-refractivity contribution is 5.76. The van der Waals surface area contributed by atoms with Gasteiger partial charge in [0.25, 0.3) is 0 Å². The predicted octanol–water partition coefficient (Wildman–Crippen LogP) is 1.52. The van der Waals surface area contributed by atoms with Crippen LogP contribution < -0.4 is 10.5 Å². The first-order chi connectivity index (χ1) is 8.06. The van der Waals surface area contributed by atoms with Gasteiger partial charge in [0.2, 0.25) is 0 Å². The predicted molar refractivity (Wildman–Crippen MR) is 61.2 cm³/mol. The maximum atomic E-state index is 13.9. The van der Waals surface area contributed by atoms with Gasteiger partial charge in [0.15, 0.2) is 17.3 Å². The fraction of sp³-hybridized carbons (Fsp3) is 0.182. The van der Waals surface area contributed by atoms with Crippen LogP contribution in [0, 0.1) is 5.82 Å². The Morgan fingerprint density at radius 1 is 1.41 bits per heavy atom. The Morgan fingerprint density at radius 3 is 2.65 bits per heavy atom. The van der Waals surface area contributed by atoms with Crippen molar-refractivity contribution in [3.05, 3.63) is 24.1 Å². The molecule has 0 saturated heterocycles. The summed E-state index contributed by atoms with van der Waals surface area (Å²) in [5.74, 6) is -0.903. The van der Waals surface area contributed by atoms with Gasteiger partial charge in [0.1, 0.15) is 5.82 Å². The highest BCUT2D eigenvalue weighted by Gasteiger charge is 2.17. The van der Waals surface area contributed by atoms with Crippen LogP contribution in [0.4, 0.5) is 10.2 Å². The van der Waals surface area contributed by atoms with E-state index in [0.29, 0.717) is 11.4 Å². The Labute approximate surface area is 97.2 Å². The zero-order valence-electron chi connectivity index (χ0n) is 9.44. The Hall–Kier alpha value is -2.24. The van der Waals surface area contributed by atoms with Gasteiger partial charge < -0.3 is 15.6 Å². The molecule has 1 aromatic heterocycles. The zero-order chi connectivity index (χ0) is 12.6. The molecular weight excluding hydrogens is 225 g/mol. The van der Waals surface area contributed by atoms with E-state index in [0.717, 1.165) is 0 Å². The number of aryl methyl sites for hydroxylation is 1. The van der Waals surface area contributed by atoms with E-state index in [-0.39, 0.29) is 11.3 Å². The number of phenolic OH excluding ortho intramolecular Hbond substituents is 1. The minimum Gasteiger partial charge on any atom is -0.502 e. The molecular formula is C11H12FN3O2. The average Bonchev–Trinajstić information content (AvgIpc) is 2.64. The van der Waals surface area contributed by atoms with Crippen LogP contribution in [-0.4, -0.2) is 22.0 Å². The number of rotatable bonds is 2. The van der Waals surface area contributed by atoms with Crippen LogP contribution in [0.2, 0.25) is 0 Å². The van der Waals surface area contributed by atoms with Crippen molar-refractivity contribution in [2.24, 2.45) is 7.05 Å². The summed E-state index contributed by atoms with van der Waals surface area (Å²) in [6, 6.07) is 2.96. The fourth-order valence-corrected chi connectivity index (χ4v) is 1.57. The molecule has 0 amide bonds. The van der Waals surface area contributed by atoms with Crippen LogP contribution in [-0.2, 0) is 7.05 Å². The molecule has 0 aliphatic rings. The SMILES string of the molecule is COc1ccc(-c2cnn(C)c2N)c(F)c1O. The van der Waals surface area contributed by atoms with E-state index in [1.807, 2.05) is 0 Å². The summed E-state index contributed by atoms with van der Waals surface area (Å²) < 4.78 is 20.1. The van der Waals surface area contributed by atoms with Gasteiger partial charge in [0.05, 0.1) is 13.3 Å². The maximum Gasteiger partial charge on any atom is 0.194 e. The lowest BCUT2D eigenvalue weighted by molar-refractivity contribution is 0.357. The van der Waals surface area contributed by atoms with E-state index in [4.69, 9.17) is 10.5 Å². The lowest BCUT2D eigenvalue weighted by atomic mass is 10.1. The molecule has 2 rings (SSSR count). The Balaban J connectivity index is 2.61. The number of nitrogens with two attached hydrogens (primary N) is 1. The first-order valence-electron chi connectivity index (χ1n) is 4.89. The average molecular weight is 237 g/mol. The summed E-state index contributed by atoms with van der Waals surface area (Å²) in [6.07, 6.45) is 1.44. The second kappa shape index (κ2) is 3.97. The number of methoxy groups -OCH3 is 1. The summed E-state index contributed by atoms with van der Waals surface area (Å²) in [5, 5.41) is 13.5. The lowest BCUT2D eigenvalue weighted by Crippen LogP contribution is -1.98. The summed E-state index contributed by atoms with van der Waals surface area (Å²) in [4.78, 5) is 0. The Bertz CT molecular complexity index is 566. The zero-order valence-corrected chi connectivity index (χ0v) is 9.44. The molecule has 0 radical (unpaired) electrons. The number of benzene rings is 1. The molecule has 6 heteroatoms. The van der Waals surface area contributed by atoms with Crippen LogP contribution in [0.3, 0.4) is 0 Å². The van der Waals surface area contributed by atoms with Gasteiger partial charge in [-0.25, -0.2) is 4.39 Å². The highest BCUT2D eigenvalue weighted by Crippen LogP contribution is 2.37. The first kappa shape index (κ1) is 11.3. The summed E-state index contributed by atoms with van der Waals surface area (Å²) in [6.45, 7) is 0. The second-order valence-electron chi connectivity index (χ2n) is 3.55. The van der Waals surface area contributed by atoms with Crippen LogP contribution in [0.25, 0.3) is 11.1 Å². The molecule has 5 nitrogen and oxygen atoms in total. The highest BCUT2D eigenvalue weighted by atomic mass is 19.1. The number of ether oxygens (including phenoxy) is 1. The number of phenols is 1. The Morgan fingerprint density at radius 2 is 2.12 bits per heavy atom. The molecule has 0 saturated carbocycles. The van der Waals surface area contributed by atoms with E-state index in [9.17, 15) is 9.50 Å². The van der Waals surface area contributed by atoms with Gasteiger partial charge in [-0.05, 0) is 12.1 Å². The van der Waals surface area contributed by atoms with Gasteiger partial charge in [0, 0.05) is 18.2 Å². The van der Waals surface area contributed by atoms with Gasteiger partial charge in [-0.2, -0.15) is 5.10 Å². The van der Waals surface area contributed by atoms with Crippen LogP contribution in [0.15, 0.2) is 18.3 Å². The molecule has 17 heavy (non-hydrogen) atoms. The third kappa shape index (κ3) is 1.67. The van der Waals surface area contributed by atoms with Crippen LogP contribution in [0.5, 0.6) is 11.5 Å². The Kier molecular flexibility index (Phi) is 2.63. The molecule has 2 aromatic rings. The molecule has 3 N–H and O–H groups in total. The summed E-state index contributed by atoms with van der Waals surface area (Å²) >= 11 is 0.